The normalized spacial score (nSPS) is 38.7. The quantitative estimate of drug-likeness (QED) is 0.819. The smallest absolute Gasteiger partial charge is 0.321 e. The fraction of sp³-hybridized carbons (Fsp3) is 0.929. The summed E-state index contributed by atoms with van der Waals surface area (Å²) in [5.74, 6) is 1.33. The van der Waals surface area contributed by atoms with Gasteiger partial charge in [-0.1, -0.05) is 19.3 Å². The van der Waals surface area contributed by atoms with E-state index in [0.717, 1.165) is 25.4 Å². The van der Waals surface area contributed by atoms with Crippen LogP contribution in [0.2, 0.25) is 0 Å². The minimum absolute atomic E-state index is 0.164. The van der Waals surface area contributed by atoms with E-state index in [2.05, 4.69) is 4.90 Å². The van der Waals surface area contributed by atoms with Crippen molar-refractivity contribution in [3.8, 4) is 0 Å². The molecule has 3 fully saturated rings. The summed E-state index contributed by atoms with van der Waals surface area (Å²) in [5, 5.41) is 9.46. The molecule has 1 aliphatic heterocycles. The Morgan fingerprint density at radius 3 is 2.59 bits per heavy atom. The van der Waals surface area contributed by atoms with Crippen LogP contribution in [-0.2, 0) is 4.79 Å². The Kier molecular flexibility index (Phi) is 3.12. The zero-order valence-corrected chi connectivity index (χ0v) is 10.5. The number of fused-ring (bicyclic) bond motifs is 1. The summed E-state index contributed by atoms with van der Waals surface area (Å²) in [7, 11) is 0. The van der Waals surface area contributed by atoms with Gasteiger partial charge in [0.05, 0.1) is 0 Å². The molecule has 3 heteroatoms. The molecule has 0 amide bonds. The summed E-state index contributed by atoms with van der Waals surface area (Å²) in [4.78, 5) is 13.8. The zero-order valence-electron chi connectivity index (χ0n) is 10.5. The first-order chi connectivity index (χ1) is 8.25. The zero-order chi connectivity index (χ0) is 11.8. The molecule has 0 bridgehead atoms. The van der Waals surface area contributed by atoms with Crippen LogP contribution in [0, 0.1) is 17.8 Å². The van der Waals surface area contributed by atoms with Gasteiger partial charge in [0, 0.05) is 13.1 Å². The molecule has 3 aliphatic rings. The lowest BCUT2D eigenvalue weighted by Crippen LogP contribution is -2.41. The minimum Gasteiger partial charge on any atom is -0.480 e. The molecular weight excluding hydrogens is 214 g/mol. The van der Waals surface area contributed by atoms with Gasteiger partial charge < -0.3 is 5.11 Å². The van der Waals surface area contributed by atoms with Gasteiger partial charge in [0.2, 0.25) is 0 Å². The van der Waals surface area contributed by atoms with Crippen molar-refractivity contribution in [2.24, 2.45) is 17.8 Å². The van der Waals surface area contributed by atoms with Crippen LogP contribution in [0.4, 0.5) is 0 Å². The molecule has 3 nitrogen and oxygen atoms in total. The van der Waals surface area contributed by atoms with Gasteiger partial charge in [-0.25, -0.2) is 0 Å². The lowest BCUT2D eigenvalue weighted by atomic mass is 9.94. The molecule has 1 saturated heterocycles. The molecule has 3 rings (SSSR count). The van der Waals surface area contributed by atoms with Crippen molar-refractivity contribution in [3.05, 3.63) is 0 Å². The number of carboxylic acid groups (broad SMARTS) is 1. The monoisotopic (exact) mass is 237 g/mol. The van der Waals surface area contributed by atoms with E-state index in [1.807, 2.05) is 0 Å². The Labute approximate surface area is 103 Å². The molecule has 0 aromatic heterocycles. The maximum atomic E-state index is 11.5. The van der Waals surface area contributed by atoms with Crippen molar-refractivity contribution < 1.29 is 9.90 Å². The molecule has 1 heterocycles. The standard InChI is InChI=1S/C14H23NO2/c16-14(17)13-12-7-3-6-11(12)9-15(13)8-10-4-1-2-5-10/h10-13H,1-9H2,(H,16,17). The van der Waals surface area contributed by atoms with Crippen LogP contribution in [0.15, 0.2) is 0 Å². The largest absolute Gasteiger partial charge is 0.480 e. The number of hydrogen-bond donors (Lipinski definition) is 1. The highest BCUT2D eigenvalue weighted by Crippen LogP contribution is 2.43. The highest BCUT2D eigenvalue weighted by atomic mass is 16.4. The second-order valence-electron chi connectivity index (χ2n) is 6.24. The highest BCUT2D eigenvalue weighted by molar-refractivity contribution is 5.74. The molecule has 3 unspecified atom stereocenters. The van der Waals surface area contributed by atoms with Crippen molar-refractivity contribution in [3.63, 3.8) is 0 Å². The SMILES string of the molecule is O=C(O)C1C2CCCC2CN1CC1CCCC1. The predicted molar refractivity (Wildman–Crippen MR) is 65.8 cm³/mol. The second kappa shape index (κ2) is 4.60. The molecule has 1 N–H and O–H groups in total. The number of carboxylic acids is 1. The number of carbonyl (C=O) groups is 1. The molecule has 0 spiro atoms. The van der Waals surface area contributed by atoms with Crippen molar-refractivity contribution in [2.45, 2.75) is 51.0 Å². The third-order valence-corrected chi connectivity index (χ3v) is 5.21. The Morgan fingerprint density at radius 1 is 1.12 bits per heavy atom. The van der Waals surface area contributed by atoms with Crippen molar-refractivity contribution in [2.75, 3.05) is 13.1 Å². The van der Waals surface area contributed by atoms with Gasteiger partial charge >= 0.3 is 5.97 Å². The highest BCUT2D eigenvalue weighted by Gasteiger charge is 2.47. The second-order valence-corrected chi connectivity index (χ2v) is 6.24. The average molecular weight is 237 g/mol. The molecule has 0 aromatic carbocycles. The molecule has 3 atom stereocenters. The van der Waals surface area contributed by atoms with Crippen molar-refractivity contribution >= 4 is 5.97 Å². The van der Waals surface area contributed by atoms with Gasteiger partial charge in [0.15, 0.2) is 0 Å². The number of likely N-dealkylation sites (tertiary alicyclic amines) is 1. The summed E-state index contributed by atoms with van der Waals surface area (Å²) >= 11 is 0. The van der Waals surface area contributed by atoms with Gasteiger partial charge in [-0.3, -0.25) is 9.69 Å². The predicted octanol–water partition coefficient (Wildman–Crippen LogP) is 2.36. The van der Waals surface area contributed by atoms with Crippen LogP contribution in [0.5, 0.6) is 0 Å². The summed E-state index contributed by atoms with van der Waals surface area (Å²) < 4.78 is 0. The van der Waals surface area contributed by atoms with Crippen LogP contribution >= 0.6 is 0 Å². The number of aliphatic carboxylic acids is 1. The Bertz CT molecular complexity index is 299. The van der Waals surface area contributed by atoms with Crippen LogP contribution < -0.4 is 0 Å². The maximum absolute atomic E-state index is 11.5. The topological polar surface area (TPSA) is 40.5 Å². The van der Waals surface area contributed by atoms with Crippen LogP contribution in [0.25, 0.3) is 0 Å². The van der Waals surface area contributed by atoms with Gasteiger partial charge in [-0.2, -0.15) is 0 Å². The first kappa shape index (κ1) is 11.5. The van der Waals surface area contributed by atoms with Gasteiger partial charge in [-0.05, 0) is 43.4 Å². The van der Waals surface area contributed by atoms with Gasteiger partial charge in [-0.15, -0.1) is 0 Å². The van der Waals surface area contributed by atoms with Crippen LogP contribution in [0.1, 0.15) is 44.9 Å². The van der Waals surface area contributed by atoms with E-state index in [0.29, 0.717) is 11.8 Å². The van der Waals surface area contributed by atoms with Crippen LogP contribution in [0.3, 0.4) is 0 Å². The Hall–Kier alpha value is -0.570. The van der Waals surface area contributed by atoms with Crippen LogP contribution in [-0.4, -0.2) is 35.1 Å². The molecule has 2 aliphatic carbocycles. The van der Waals surface area contributed by atoms with E-state index in [1.165, 1.54) is 38.5 Å². The first-order valence-electron chi connectivity index (χ1n) is 7.22. The number of hydrogen-bond acceptors (Lipinski definition) is 2. The Morgan fingerprint density at radius 2 is 1.88 bits per heavy atom. The third-order valence-electron chi connectivity index (χ3n) is 5.21. The lowest BCUT2D eigenvalue weighted by Gasteiger charge is -2.26. The lowest BCUT2D eigenvalue weighted by molar-refractivity contribution is -0.143. The summed E-state index contributed by atoms with van der Waals surface area (Å²) in [6, 6.07) is -0.164. The summed E-state index contributed by atoms with van der Waals surface area (Å²) in [6.07, 6.45) is 8.98. The molecule has 17 heavy (non-hydrogen) atoms. The summed E-state index contributed by atoms with van der Waals surface area (Å²) in [5.41, 5.74) is 0. The Balaban J connectivity index is 1.68. The van der Waals surface area contributed by atoms with E-state index in [1.54, 1.807) is 0 Å². The van der Waals surface area contributed by atoms with E-state index in [4.69, 9.17) is 0 Å². The molecule has 96 valence electrons. The fourth-order valence-electron chi connectivity index (χ4n) is 4.45. The molecule has 0 aromatic rings. The fourth-order valence-corrected chi connectivity index (χ4v) is 4.45. The van der Waals surface area contributed by atoms with Crippen molar-refractivity contribution in [1.29, 1.82) is 0 Å². The van der Waals surface area contributed by atoms with E-state index in [9.17, 15) is 9.90 Å². The molecular formula is C14H23NO2. The van der Waals surface area contributed by atoms with Crippen molar-refractivity contribution in [1.82, 2.24) is 4.90 Å². The van der Waals surface area contributed by atoms with E-state index >= 15 is 0 Å². The molecule has 2 saturated carbocycles. The molecule has 0 radical (unpaired) electrons. The van der Waals surface area contributed by atoms with E-state index in [-0.39, 0.29) is 6.04 Å². The number of rotatable bonds is 3. The average Bonchev–Trinajstić information content (AvgIpc) is 2.92. The first-order valence-corrected chi connectivity index (χ1v) is 7.22. The maximum Gasteiger partial charge on any atom is 0.321 e. The van der Waals surface area contributed by atoms with Gasteiger partial charge in [0.1, 0.15) is 6.04 Å². The van der Waals surface area contributed by atoms with Gasteiger partial charge in [0.25, 0.3) is 0 Å². The van der Waals surface area contributed by atoms with E-state index < -0.39 is 5.97 Å². The minimum atomic E-state index is -0.572. The number of nitrogens with zero attached hydrogens (tertiary/aromatic N) is 1. The summed E-state index contributed by atoms with van der Waals surface area (Å²) in [6.45, 7) is 2.10. The third kappa shape index (κ3) is 2.10.